The number of hydrogen-bond acceptors (Lipinski definition) is 11. The van der Waals surface area contributed by atoms with E-state index in [4.69, 9.17) is 23.7 Å². The van der Waals surface area contributed by atoms with Crippen LogP contribution < -0.4 is 0 Å². The zero-order valence-corrected chi connectivity index (χ0v) is 46.6. The number of aliphatic hydroxyl groups excluding tert-OH is 2. The highest BCUT2D eigenvalue weighted by atomic mass is 16.7. The molecule has 1 aliphatic heterocycles. The summed E-state index contributed by atoms with van der Waals surface area (Å²) in [5.41, 5.74) is 0. The molecule has 0 aliphatic carbocycles. The Morgan fingerprint density at radius 1 is 0.452 bits per heavy atom. The lowest BCUT2D eigenvalue weighted by atomic mass is 9.98. The summed E-state index contributed by atoms with van der Waals surface area (Å²) in [4.78, 5) is 51.0. The van der Waals surface area contributed by atoms with E-state index < -0.39 is 67.3 Å². The molecule has 0 saturated carbocycles. The minimum Gasteiger partial charge on any atom is -0.479 e. The molecule has 73 heavy (non-hydrogen) atoms. The molecule has 12 nitrogen and oxygen atoms in total. The molecule has 1 saturated heterocycles. The first-order valence-corrected chi connectivity index (χ1v) is 30.0. The van der Waals surface area contributed by atoms with Crippen LogP contribution in [0.5, 0.6) is 0 Å². The molecule has 6 unspecified atom stereocenters. The molecule has 0 amide bonds. The molecule has 0 spiro atoms. The Kier molecular flexibility index (Phi) is 46.4. The van der Waals surface area contributed by atoms with E-state index in [1.165, 1.54) is 128 Å². The van der Waals surface area contributed by atoms with Crippen molar-refractivity contribution in [3.05, 3.63) is 36.5 Å². The lowest BCUT2D eigenvalue weighted by molar-refractivity contribution is -0.301. The summed E-state index contributed by atoms with van der Waals surface area (Å²) in [6.07, 6.45) is 45.5. The number of carboxylic acids is 1. The second-order valence-corrected chi connectivity index (χ2v) is 20.6. The zero-order chi connectivity index (χ0) is 53.3. The van der Waals surface area contributed by atoms with Gasteiger partial charge in [-0.25, -0.2) is 4.79 Å². The average Bonchev–Trinajstić information content (AvgIpc) is 3.37. The van der Waals surface area contributed by atoms with Gasteiger partial charge in [-0.15, -0.1) is 0 Å². The molecular weight excluding hydrogens is 925 g/mol. The summed E-state index contributed by atoms with van der Waals surface area (Å²) < 4.78 is 28.4. The molecule has 6 atom stereocenters. The minimum absolute atomic E-state index is 0.0493. The van der Waals surface area contributed by atoms with Gasteiger partial charge in [-0.05, 0) is 57.8 Å². The van der Waals surface area contributed by atoms with Crippen LogP contribution in [0.25, 0.3) is 0 Å². The van der Waals surface area contributed by atoms with Crippen molar-refractivity contribution in [2.45, 2.75) is 314 Å². The van der Waals surface area contributed by atoms with Crippen molar-refractivity contribution in [3.63, 3.8) is 0 Å². The normalized spacial score (nSPS) is 18.5. The monoisotopic (exact) mass is 1030 g/mol. The van der Waals surface area contributed by atoms with Crippen LogP contribution >= 0.6 is 0 Å². The van der Waals surface area contributed by atoms with E-state index in [-0.39, 0.29) is 25.9 Å². The van der Waals surface area contributed by atoms with Gasteiger partial charge in [-0.3, -0.25) is 14.4 Å². The predicted molar refractivity (Wildman–Crippen MR) is 294 cm³/mol. The number of hydrogen-bond donors (Lipinski definition) is 3. The van der Waals surface area contributed by atoms with E-state index >= 15 is 0 Å². The second-order valence-electron chi connectivity index (χ2n) is 20.6. The van der Waals surface area contributed by atoms with Crippen molar-refractivity contribution in [1.82, 2.24) is 0 Å². The molecule has 0 aromatic rings. The van der Waals surface area contributed by atoms with Crippen LogP contribution in [0.1, 0.15) is 278 Å². The largest absolute Gasteiger partial charge is 0.479 e. The number of aliphatic carboxylic acids is 1. The van der Waals surface area contributed by atoms with E-state index in [1.807, 2.05) is 0 Å². The van der Waals surface area contributed by atoms with E-state index in [2.05, 4.69) is 57.2 Å². The van der Waals surface area contributed by atoms with Gasteiger partial charge in [0.1, 0.15) is 18.8 Å². The number of carbonyl (C=O) groups is 4. The van der Waals surface area contributed by atoms with E-state index in [0.29, 0.717) is 19.3 Å². The summed E-state index contributed by atoms with van der Waals surface area (Å²) in [5, 5.41) is 31.4. The minimum atomic E-state index is -1.90. The van der Waals surface area contributed by atoms with Crippen LogP contribution in [-0.2, 0) is 42.9 Å². The lowest BCUT2D eigenvalue weighted by Gasteiger charge is -2.40. The lowest BCUT2D eigenvalue weighted by Crippen LogP contribution is -2.61. The zero-order valence-electron chi connectivity index (χ0n) is 46.6. The van der Waals surface area contributed by atoms with Crippen molar-refractivity contribution < 1.29 is 58.2 Å². The summed E-state index contributed by atoms with van der Waals surface area (Å²) >= 11 is 0. The summed E-state index contributed by atoms with van der Waals surface area (Å²) in [5.74, 6) is -3.11. The highest BCUT2D eigenvalue weighted by molar-refractivity contribution is 5.74. The molecule has 12 heteroatoms. The van der Waals surface area contributed by atoms with Gasteiger partial charge in [-0.2, -0.15) is 0 Å². The molecule has 0 bridgehead atoms. The molecule has 0 radical (unpaired) electrons. The Morgan fingerprint density at radius 2 is 0.822 bits per heavy atom. The molecule has 0 aromatic carbocycles. The second kappa shape index (κ2) is 49.8. The van der Waals surface area contributed by atoms with Crippen LogP contribution in [-0.4, -0.2) is 89.2 Å². The smallest absolute Gasteiger partial charge is 0.335 e. The quantitative estimate of drug-likeness (QED) is 0.0228. The van der Waals surface area contributed by atoms with Crippen LogP contribution in [0.2, 0.25) is 0 Å². The van der Waals surface area contributed by atoms with Crippen LogP contribution in [0, 0.1) is 0 Å². The molecular formula is C61H108O12. The van der Waals surface area contributed by atoms with E-state index in [1.54, 1.807) is 0 Å². The topological polar surface area (TPSA) is 175 Å². The number of carbonyl (C=O) groups excluding carboxylic acids is 3. The summed E-state index contributed by atoms with van der Waals surface area (Å²) in [7, 11) is 0. The van der Waals surface area contributed by atoms with Crippen molar-refractivity contribution in [3.8, 4) is 0 Å². The molecule has 1 fully saturated rings. The highest BCUT2D eigenvalue weighted by Gasteiger charge is 2.50. The summed E-state index contributed by atoms with van der Waals surface area (Å²) in [6, 6.07) is 0. The molecule has 3 N–H and O–H groups in total. The van der Waals surface area contributed by atoms with Crippen molar-refractivity contribution in [2.24, 2.45) is 0 Å². The third-order valence-corrected chi connectivity index (χ3v) is 13.7. The van der Waals surface area contributed by atoms with Crippen molar-refractivity contribution in [2.75, 3.05) is 13.2 Å². The SMILES string of the molecule is CCCCC/C=C\C/C=C\C/C=C\CCCCCCCCC(=O)OC1C(OCC(COC(=O)CCCCCCCCCCCCCCCCC)OC(=O)CCCCCCCCCCC)OC(C(=O)O)C(O)C1O. The first kappa shape index (κ1) is 68.0. The van der Waals surface area contributed by atoms with Gasteiger partial charge in [0.15, 0.2) is 24.6 Å². The number of unbranched alkanes of at least 4 members (excludes halogenated alkanes) is 31. The standard InChI is InChI=1S/C61H108O12/c1-4-7-10-13-16-19-21-23-25-26-27-28-30-32-34-37-40-43-46-49-55(64)72-59-57(66)56(65)58(60(67)68)73-61(59)70-51-52(71-54(63)48-45-42-39-35-18-15-12-9-6-3)50-69-53(62)47-44-41-38-36-33-31-29-24-22-20-17-14-11-8-5-2/h16,19,23,25,27-28,52,56-59,61,65-66H,4-15,17-18,20-22,24,26,29-51H2,1-3H3,(H,67,68)/b19-16-,25-23-,28-27-. The number of carboxylic acid groups (broad SMARTS) is 1. The van der Waals surface area contributed by atoms with Gasteiger partial charge < -0.3 is 39.0 Å². The van der Waals surface area contributed by atoms with E-state index in [0.717, 1.165) is 89.9 Å². The van der Waals surface area contributed by atoms with Crippen LogP contribution in [0.4, 0.5) is 0 Å². The van der Waals surface area contributed by atoms with Crippen LogP contribution in [0.15, 0.2) is 36.5 Å². The number of aliphatic hydroxyl groups is 2. The first-order valence-electron chi connectivity index (χ1n) is 30.0. The Hall–Kier alpha value is -3.06. The van der Waals surface area contributed by atoms with Crippen molar-refractivity contribution in [1.29, 1.82) is 0 Å². The van der Waals surface area contributed by atoms with Gasteiger partial charge in [0.25, 0.3) is 0 Å². The number of allylic oxidation sites excluding steroid dienone is 6. The first-order chi connectivity index (χ1) is 35.6. The predicted octanol–water partition coefficient (Wildman–Crippen LogP) is 15.2. The Morgan fingerprint density at radius 3 is 1.27 bits per heavy atom. The number of ether oxygens (including phenoxy) is 5. The fourth-order valence-electron chi connectivity index (χ4n) is 9.08. The van der Waals surface area contributed by atoms with E-state index in [9.17, 15) is 34.5 Å². The summed E-state index contributed by atoms with van der Waals surface area (Å²) in [6.45, 7) is 5.96. The van der Waals surface area contributed by atoms with Crippen molar-refractivity contribution >= 4 is 23.9 Å². The fourth-order valence-corrected chi connectivity index (χ4v) is 9.08. The third kappa shape index (κ3) is 39.9. The maximum absolute atomic E-state index is 13.1. The fraction of sp³-hybridized carbons (Fsp3) is 0.836. The van der Waals surface area contributed by atoms with Crippen LogP contribution in [0.3, 0.4) is 0 Å². The number of rotatable bonds is 51. The molecule has 1 aliphatic rings. The number of esters is 3. The van der Waals surface area contributed by atoms with Gasteiger partial charge in [0.05, 0.1) is 6.61 Å². The Balaban J connectivity index is 2.63. The highest BCUT2D eigenvalue weighted by Crippen LogP contribution is 2.26. The van der Waals surface area contributed by atoms with Gasteiger partial charge >= 0.3 is 23.9 Å². The van der Waals surface area contributed by atoms with Gasteiger partial charge in [0.2, 0.25) is 0 Å². The Bertz CT molecular complexity index is 1410. The third-order valence-electron chi connectivity index (χ3n) is 13.7. The maximum Gasteiger partial charge on any atom is 0.335 e. The average molecular weight is 1030 g/mol. The van der Waals surface area contributed by atoms with Gasteiger partial charge in [-0.1, -0.05) is 237 Å². The Labute approximate surface area is 444 Å². The molecule has 1 rings (SSSR count). The molecule has 0 aromatic heterocycles. The van der Waals surface area contributed by atoms with Gasteiger partial charge in [0, 0.05) is 19.3 Å². The molecule has 424 valence electrons. The molecule has 1 heterocycles. The maximum atomic E-state index is 13.1.